The number of carbonyl (C=O) groups excluding carboxylic acids is 1. The number of benzene rings is 3. The van der Waals surface area contributed by atoms with Gasteiger partial charge >= 0.3 is 0 Å². The molecule has 3 rings (SSSR count). The first-order chi connectivity index (χ1) is 15.5. The smallest absolute Gasteiger partial charge is 0.281 e. The number of methoxy groups -OCH3 is 1. The van der Waals surface area contributed by atoms with Gasteiger partial charge in [0.05, 0.1) is 17.7 Å². The highest BCUT2D eigenvalue weighted by molar-refractivity contribution is 7.93. The number of carbonyl (C=O) groups is 1. The zero-order valence-electron chi connectivity index (χ0n) is 18.5. The monoisotopic (exact) mass is 507 g/mol. The molecule has 33 heavy (non-hydrogen) atoms. The maximum absolute atomic E-state index is 13.5. The molecule has 0 saturated carbocycles. The molecule has 1 atom stereocenters. The minimum Gasteiger partial charge on any atom is -0.497 e. The normalized spacial score (nSPS) is 12.2. The second-order valence-corrected chi connectivity index (χ2v) is 9.99. The second kappa shape index (κ2) is 10.0. The van der Waals surface area contributed by atoms with Gasteiger partial charge in [-0.05, 0) is 92.6 Å². The minimum absolute atomic E-state index is 0.0820. The van der Waals surface area contributed by atoms with Crippen LogP contribution in [0.15, 0.2) is 65.6 Å². The second-order valence-electron chi connectivity index (χ2n) is 7.39. The molecule has 0 aliphatic rings. The molecular formula is C24H23Cl2NO5S. The average Bonchev–Trinajstić information content (AvgIpc) is 2.78. The number of ether oxygens (including phenoxy) is 2. The number of hydrogen-bond acceptors (Lipinski definition) is 5. The zero-order chi connectivity index (χ0) is 24.3. The largest absolute Gasteiger partial charge is 0.497 e. The van der Waals surface area contributed by atoms with Crippen LogP contribution in [-0.2, 0) is 14.8 Å². The summed E-state index contributed by atoms with van der Waals surface area (Å²) in [5, 5.41) is 0.980. The molecule has 0 radical (unpaired) electrons. The lowest BCUT2D eigenvalue weighted by molar-refractivity contribution is -0.123. The SMILES string of the molecule is COc1ccc(N(C(=O)C(C)Oc2cc(C)c(Cl)c(C)c2)S(=O)(=O)c2ccc(Cl)cc2)cc1. The van der Waals surface area contributed by atoms with E-state index < -0.39 is 22.0 Å². The molecule has 0 aliphatic heterocycles. The van der Waals surface area contributed by atoms with E-state index in [4.69, 9.17) is 32.7 Å². The van der Waals surface area contributed by atoms with Crippen LogP contribution in [0.2, 0.25) is 10.0 Å². The van der Waals surface area contributed by atoms with Gasteiger partial charge in [0, 0.05) is 10.0 Å². The fraction of sp³-hybridized carbons (Fsp3) is 0.208. The van der Waals surface area contributed by atoms with Crippen molar-refractivity contribution in [1.82, 2.24) is 0 Å². The molecule has 0 aromatic heterocycles. The Balaban J connectivity index is 2.02. The van der Waals surface area contributed by atoms with Crippen LogP contribution in [0.3, 0.4) is 0 Å². The van der Waals surface area contributed by atoms with Crippen molar-refractivity contribution in [1.29, 1.82) is 0 Å². The van der Waals surface area contributed by atoms with E-state index in [0.29, 0.717) is 21.5 Å². The fourth-order valence-electron chi connectivity index (χ4n) is 3.21. The summed E-state index contributed by atoms with van der Waals surface area (Å²) in [6.45, 7) is 5.14. The lowest BCUT2D eigenvalue weighted by Crippen LogP contribution is -2.44. The summed E-state index contributed by atoms with van der Waals surface area (Å²) < 4.78 is 38.7. The number of halogens is 2. The van der Waals surface area contributed by atoms with Crippen LogP contribution in [0.4, 0.5) is 5.69 Å². The lowest BCUT2D eigenvalue weighted by Gasteiger charge is -2.26. The maximum Gasteiger partial charge on any atom is 0.281 e. The molecule has 0 spiro atoms. The molecule has 0 N–H and O–H groups in total. The average molecular weight is 508 g/mol. The first kappa shape index (κ1) is 24.9. The third-order valence-electron chi connectivity index (χ3n) is 4.93. The van der Waals surface area contributed by atoms with Gasteiger partial charge in [-0.25, -0.2) is 8.42 Å². The zero-order valence-corrected chi connectivity index (χ0v) is 20.8. The molecule has 3 aromatic carbocycles. The summed E-state index contributed by atoms with van der Waals surface area (Å²) in [7, 11) is -2.77. The van der Waals surface area contributed by atoms with Crippen molar-refractivity contribution >= 4 is 44.8 Å². The Kier molecular flexibility index (Phi) is 7.57. The molecule has 9 heteroatoms. The molecule has 3 aromatic rings. The highest BCUT2D eigenvalue weighted by atomic mass is 35.5. The van der Waals surface area contributed by atoms with Gasteiger partial charge in [-0.3, -0.25) is 4.79 Å². The Morgan fingerprint density at radius 1 is 0.909 bits per heavy atom. The third kappa shape index (κ3) is 5.43. The fourth-order valence-corrected chi connectivity index (χ4v) is 4.92. The highest BCUT2D eigenvalue weighted by Gasteiger charge is 2.35. The van der Waals surface area contributed by atoms with E-state index in [0.717, 1.165) is 15.4 Å². The first-order valence-corrected chi connectivity index (χ1v) is 12.2. The number of anilines is 1. The van der Waals surface area contributed by atoms with Crippen LogP contribution in [0.1, 0.15) is 18.1 Å². The predicted octanol–water partition coefficient (Wildman–Crippen LogP) is 5.81. The van der Waals surface area contributed by atoms with Crippen molar-refractivity contribution in [2.24, 2.45) is 0 Å². The maximum atomic E-state index is 13.5. The van der Waals surface area contributed by atoms with Gasteiger partial charge in [-0.2, -0.15) is 4.31 Å². The topological polar surface area (TPSA) is 72.9 Å². The number of nitrogens with zero attached hydrogens (tertiary/aromatic N) is 1. The Labute approximate surface area is 203 Å². The number of aryl methyl sites for hydroxylation is 2. The van der Waals surface area contributed by atoms with Gasteiger partial charge < -0.3 is 9.47 Å². The van der Waals surface area contributed by atoms with E-state index in [9.17, 15) is 13.2 Å². The van der Waals surface area contributed by atoms with Crippen LogP contribution in [0.25, 0.3) is 0 Å². The third-order valence-corrected chi connectivity index (χ3v) is 7.52. The van der Waals surface area contributed by atoms with E-state index in [2.05, 4.69) is 0 Å². The molecular weight excluding hydrogens is 485 g/mol. The van der Waals surface area contributed by atoms with Crippen LogP contribution < -0.4 is 13.8 Å². The molecule has 1 unspecified atom stereocenters. The predicted molar refractivity (Wildman–Crippen MR) is 130 cm³/mol. The molecule has 0 heterocycles. The summed E-state index contributed by atoms with van der Waals surface area (Å²) in [4.78, 5) is 13.4. The minimum atomic E-state index is -4.27. The van der Waals surface area contributed by atoms with Crippen LogP contribution in [0, 0.1) is 13.8 Å². The number of sulfonamides is 1. The Hall–Kier alpha value is -2.74. The Bertz CT molecular complexity index is 1240. The molecule has 0 saturated heterocycles. The van der Waals surface area contributed by atoms with Crippen molar-refractivity contribution in [3.05, 3.63) is 81.8 Å². The molecule has 0 bridgehead atoms. The summed E-state index contributed by atoms with van der Waals surface area (Å²) in [5.74, 6) is 0.167. The van der Waals surface area contributed by atoms with Gasteiger partial charge in [0.1, 0.15) is 11.5 Å². The van der Waals surface area contributed by atoms with Gasteiger partial charge in [0.2, 0.25) is 0 Å². The molecule has 6 nitrogen and oxygen atoms in total. The van der Waals surface area contributed by atoms with Gasteiger partial charge in [-0.1, -0.05) is 23.2 Å². The van der Waals surface area contributed by atoms with Crippen LogP contribution in [0.5, 0.6) is 11.5 Å². The first-order valence-electron chi connectivity index (χ1n) is 9.96. The van der Waals surface area contributed by atoms with Crippen molar-refractivity contribution in [2.45, 2.75) is 31.8 Å². The number of hydrogen-bond donors (Lipinski definition) is 0. The quantitative estimate of drug-likeness (QED) is 0.403. The molecule has 0 fully saturated rings. The Morgan fingerprint density at radius 2 is 1.45 bits per heavy atom. The standard InChI is InChI=1S/C24H23Cl2NO5S/c1-15-13-21(14-16(2)23(15)26)32-17(3)24(28)27(19-7-9-20(31-4)10-8-19)33(29,30)22-11-5-18(25)6-12-22/h5-14,17H,1-4H3. The number of amides is 1. The van der Waals surface area contributed by atoms with Crippen molar-refractivity contribution < 1.29 is 22.7 Å². The summed E-state index contributed by atoms with van der Waals surface area (Å²) >= 11 is 12.1. The molecule has 0 aliphatic carbocycles. The van der Waals surface area contributed by atoms with Crippen LogP contribution >= 0.6 is 23.2 Å². The number of rotatable bonds is 7. The summed E-state index contributed by atoms with van der Waals surface area (Å²) in [6.07, 6.45) is -1.12. The molecule has 1 amide bonds. The highest BCUT2D eigenvalue weighted by Crippen LogP contribution is 2.30. The molecule has 174 valence electrons. The van der Waals surface area contributed by atoms with Crippen molar-refractivity contribution in [3.8, 4) is 11.5 Å². The van der Waals surface area contributed by atoms with E-state index >= 15 is 0 Å². The van der Waals surface area contributed by atoms with E-state index in [1.54, 1.807) is 24.3 Å². The Morgan fingerprint density at radius 3 is 1.97 bits per heavy atom. The van der Waals surface area contributed by atoms with E-state index in [1.165, 1.54) is 50.4 Å². The van der Waals surface area contributed by atoms with Gasteiger partial charge in [0.15, 0.2) is 6.10 Å². The van der Waals surface area contributed by atoms with Crippen molar-refractivity contribution in [2.75, 3.05) is 11.4 Å². The van der Waals surface area contributed by atoms with E-state index in [-0.39, 0.29) is 10.6 Å². The summed E-state index contributed by atoms with van der Waals surface area (Å²) in [6, 6.07) is 15.1. The van der Waals surface area contributed by atoms with E-state index in [1.807, 2.05) is 13.8 Å². The van der Waals surface area contributed by atoms with Crippen molar-refractivity contribution in [3.63, 3.8) is 0 Å². The van der Waals surface area contributed by atoms with Crippen LogP contribution in [-0.4, -0.2) is 27.5 Å². The summed E-state index contributed by atoms with van der Waals surface area (Å²) in [5.41, 5.74) is 1.72. The lowest BCUT2D eigenvalue weighted by atomic mass is 10.1. The van der Waals surface area contributed by atoms with Gasteiger partial charge in [0.25, 0.3) is 15.9 Å². The van der Waals surface area contributed by atoms with Gasteiger partial charge in [-0.15, -0.1) is 0 Å².